The molecular weight excluding hydrogens is 188 g/mol. The van der Waals surface area contributed by atoms with E-state index in [-0.39, 0.29) is 12.8 Å². The molecule has 1 aromatic heterocycles. The average molecular weight is 200 g/mol. The summed E-state index contributed by atoms with van der Waals surface area (Å²) in [6.07, 6.45) is 2.85. The molecule has 0 aromatic carbocycles. The van der Waals surface area contributed by atoms with Crippen LogP contribution in [0.2, 0.25) is 0 Å². The molecule has 14 heavy (non-hydrogen) atoms. The summed E-state index contributed by atoms with van der Waals surface area (Å²) >= 11 is 0. The predicted octanol–water partition coefficient (Wildman–Crippen LogP) is 0.654. The average Bonchev–Trinajstić information content (AvgIpc) is 2.53. The Kier molecular flexibility index (Phi) is 5.77. The highest BCUT2D eigenvalue weighted by Gasteiger charge is 2.00. The second-order valence-electron chi connectivity index (χ2n) is 2.52. The van der Waals surface area contributed by atoms with Gasteiger partial charge in [0, 0.05) is 11.9 Å². The van der Waals surface area contributed by atoms with E-state index in [0.29, 0.717) is 0 Å². The number of aryl methyl sites for hydroxylation is 1. The fourth-order valence-corrected chi connectivity index (χ4v) is 0.539. The lowest BCUT2D eigenvalue weighted by atomic mass is 10.3. The van der Waals surface area contributed by atoms with Crippen molar-refractivity contribution in [2.75, 3.05) is 0 Å². The Morgan fingerprint density at radius 2 is 1.86 bits per heavy atom. The zero-order chi connectivity index (χ0) is 11.0. The van der Waals surface area contributed by atoms with Gasteiger partial charge in [0.05, 0.1) is 19.2 Å². The molecule has 0 atom stereocenters. The van der Waals surface area contributed by atoms with Crippen LogP contribution in [-0.2, 0) is 9.59 Å². The van der Waals surface area contributed by atoms with Gasteiger partial charge in [0.15, 0.2) is 0 Å². The van der Waals surface area contributed by atoms with E-state index in [0.717, 1.165) is 5.69 Å². The van der Waals surface area contributed by atoms with Crippen molar-refractivity contribution in [3.8, 4) is 0 Å². The lowest BCUT2D eigenvalue weighted by Gasteiger charge is -1.85. The molecule has 0 radical (unpaired) electrons. The molecule has 0 saturated heterocycles. The Hall–Kier alpha value is -1.85. The quantitative estimate of drug-likeness (QED) is 0.664. The van der Waals surface area contributed by atoms with Gasteiger partial charge in [-0.1, -0.05) is 0 Å². The van der Waals surface area contributed by atoms with Crippen molar-refractivity contribution in [3.05, 3.63) is 18.2 Å². The Labute approximate surface area is 80.6 Å². The van der Waals surface area contributed by atoms with E-state index in [4.69, 9.17) is 10.2 Å². The zero-order valence-corrected chi connectivity index (χ0v) is 7.73. The lowest BCUT2D eigenvalue weighted by molar-refractivity contribution is -0.143. The molecule has 0 bridgehead atoms. The van der Waals surface area contributed by atoms with Crippen LogP contribution in [0.25, 0.3) is 0 Å². The molecule has 0 unspecified atom stereocenters. The van der Waals surface area contributed by atoms with Crippen molar-refractivity contribution in [1.29, 1.82) is 0 Å². The largest absolute Gasteiger partial charge is 0.481 e. The fraction of sp³-hybridized carbons (Fsp3) is 0.375. The van der Waals surface area contributed by atoms with Crippen molar-refractivity contribution in [3.63, 3.8) is 0 Å². The first-order valence-corrected chi connectivity index (χ1v) is 3.91. The topological polar surface area (TPSA) is 103 Å². The molecule has 0 aliphatic heterocycles. The van der Waals surface area contributed by atoms with E-state index >= 15 is 0 Å². The van der Waals surface area contributed by atoms with E-state index < -0.39 is 11.9 Å². The van der Waals surface area contributed by atoms with Gasteiger partial charge in [0.2, 0.25) is 0 Å². The van der Waals surface area contributed by atoms with Crippen LogP contribution >= 0.6 is 0 Å². The van der Waals surface area contributed by atoms with E-state index in [9.17, 15) is 9.59 Å². The molecule has 0 fully saturated rings. The van der Waals surface area contributed by atoms with E-state index in [1.54, 1.807) is 12.5 Å². The third kappa shape index (κ3) is 8.25. The Morgan fingerprint density at radius 1 is 1.36 bits per heavy atom. The number of H-pyrrole nitrogens is 1. The number of hydrogen-bond donors (Lipinski definition) is 3. The van der Waals surface area contributed by atoms with Crippen LogP contribution in [0.3, 0.4) is 0 Å². The minimum atomic E-state index is -1.08. The first-order chi connectivity index (χ1) is 6.52. The third-order valence-corrected chi connectivity index (χ3v) is 1.19. The molecule has 0 spiro atoms. The SMILES string of the molecule is Cc1cnc[nH]1.O=C(O)CCC(=O)O. The summed E-state index contributed by atoms with van der Waals surface area (Å²) in [6.45, 7) is 1.97. The fourth-order valence-electron chi connectivity index (χ4n) is 0.539. The minimum Gasteiger partial charge on any atom is -0.481 e. The van der Waals surface area contributed by atoms with Gasteiger partial charge in [0.1, 0.15) is 0 Å². The maximum Gasteiger partial charge on any atom is 0.303 e. The molecule has 1 aromatic rings. The summed E-state index contributed by atoms with van der Waals surface area (Å²) in [5.41, 5.74) is 1.11. The van der Waals surface area contributed by atoms with Crippen molar-refractivity contribution in [1.82, 2.24) is 9.97 Å². The van der Waals surface area contributed by atoms with Crippen molar-refractivity contribution in [2.45, 2.75) is 19.8 Å². The Morgan fingerprint density at radius 3 is 2.00 bits per heavy atom. The molecule has 6 heteroatoms. The summed E-state index contributed by atoms with van der Waals surface area (Å²) in [4.78, 5) is 25.9. The van der Waals surface area contributed by atoms with Crippen LogP contribution in [0.15, 0.2) is 12.5 Å². The van der Waals surface area contributed by atoms with Gasteiger partial charge in [0.25, 0.3) is 0 Å². The second kappa shape index (κ2) is 6.64. The number of hydrogen-bond acceptors (Lipinski definition) is 3. The highest BCUT2D eigenvalue weighted by Crippen LogP contribution is 1.86. The molecule has 0 aliphatic carbocycles. The number of aromatic amines is 1. The molecular formula is C8H12N2O4. The number of nitrogens with zero attached hydrogens (tertiary/aromatic N) is 1. The van der Waals surface area contributed by atoms with E-state index in [1.165, 1.54) is 0 Å². The van der Waals surface area contributed by atoms with Crippen molar-refractivity contribution < 1.29 is 19.8 Å². The van der Waals surface area contributed by atoms with Gasteiger partial charge in [-0.25, -0.2) is 4.98 Å². The minimum absolute atomic E-state index is 0.296. The number of nitrogens with one attached hydrogen (secondary N) is 1. The predicted molar refractivity (Wildman–Crippen MR) is 47.8 cm³/mol. The Bertz CT molecular complexity index is 268. The molecule has 78 valence electrons. The maximum atomic E-state index is 9.64. The molecule has 1 heterocycles. The van der Waals surface area contributed by atoms with Gasteiger partial charge in [-0.2, -0.15) is 0 Å². The van der Waals surface area contributed by atoms with Crippen LogP contribution < -0.4 is 0 Å². The summed E-state index contributed by atoms with van der Waals surface area (Å²) in [6, 6.07) is 0. The monoisotopic (exact) mass is 200 g/mol. The van der Waals surface area contributed by atoms with E-state index in [2.05, 4.69) is 9.97 Å². The standard InChI is InChI=1S/C4H6N2.C4H6O4/c1-4-2-5-3-6-4;5-3(6)1-2-4(7)8/h2-3H,1H3,(H,5,6);1-2H2,(H,5,6)(H,7,8). The maximum absolute atomic E-state index is 9.64. The highest BCUT2D eigenvalue weighted by molar-refractivity contribution is 5.75. The van der Waals surface area contributed by atoms with Crippen molar-refractivity contribution in [2.24, 2.45) is 0 Å². The third-order valence-electron chi connectivity index (χ3n) is 1.19. The van der Waals surface area contributed by atoms with Crippen molar-refractivity contribution >= 4 is 11.9 Å². The van der Waals surface area contributed by atoms with Crippen LogP contribution in [0.4, 0.5) is 0 Å². The van der Waals surface area contributed by atoms with Gasteiger partial charge in [-0.15, -0.1) is 0 Å². The first kappa shape index (κ1) is 12.2. The molecule has 0 saturated carbocycles. The summed E-state index contributed by atoms with van der Waals surface area (Å²) < 4.78 is 0. The number of rotatable bonds is 3. The normalized spacial score (nSPS) is 8.64. The van der Waals surface area contributed by atoms with E-state index in [1.807, 2.05) is 6.92 Å². The lowest BCUT2D eigenvalue weighted by Crippen LogP contribution is -2.00. The van der Waals surface area contributed by atoms with Gasteiger partial charge < -0.3 is 15.2 Å². The van der Waals surface area contributed by atoms with Crippen LogP contribution in [0.5, 0.6) is 0 Å². The smallest absolute Gasteiger partial charge is 0.303 e. The number of aliphatic carboxylic acids is 2. The number of imidazole rings is 1. The summed E-state index contributed by atoms with van der Waals surface area (Å²) in [7, 11) is 0. The number of carboxylic acids is 2. The molecule has 3 N–H and O–H groups in total. The molecule has 6 nitrogen and oxygen atoms in total. The zero-order valence-electron chi connectivity index (χ0n) is 7.73. The van der Waals surface area contributed by atoms with Crippen LogP contribution in [-0.4, -0.2) is 32.1 Å². The second-order valence-corrected chi connectivity index (χ2v) is 2.52. The molecule has 0 aliphatic rings. The number of aromatic nitrogens is 2. The molecule has 1 rings (SSSR count). The van der Waals surface area contributed by atoms with Crippen LogP contribution in [0.1, 0.15) is 18.5 Å². The van der Waals surface area contributed by atoms with Gasteiger partial charge in [-0.3, -0.25) is 9.59 Å². The van der Waals surface area contributed by atoms with Crippen LogP contribution in [0, 0.1) is 6.92 Å². The summed E-state index contributed by atoms with van der Waals surface area (Å²) in [5, 5.41) is 15.8. The number of carboxylic acid groups (broad SMARTS) is 2. The molecule has 0 amide bonds. The summed E-state index contributed by atoms with van der Waals surface area (Å²) in [5.74, 6) is -2.15. The first-order valence-electron chi connectivity index (χ1n) is 3.91. The van der Waals surface area contributed by atoms with Gasteiger partial charge >= 0.3 is 11.9 Å². The highest BCUT2D eigenvalue weighted by atomic mass is 16.4. The Balaban J connectivity index is 0.000000249. The number of carbonyl (C=O) groups is 2. The van der Waals surface area contributed by atoms with Gasteiger partial charge in [-0.05, 0) is 6.92 Å².